The Morgan fingerprint density at radius 1 is 0.969 bits per heavy atom. The predicted octanol–water partition coefficient (Wildman–Crippen LogP) is 4.05. The Morgan fingerprint density at radius 2 is 1.62 bits per heavy atom. The van der Waals surface area contributed by atoms with Crippen molar-refractivity contribution in [1.29, 1.82) is 0 Å². The number of carbonyl (C=O) groups is 3. The fraction of sp³-hybridized carbons (Fsp3) is 0.375. The molecule has 0 aliphatic heterocycles. The minimum atomic E-state index is -0.991. The van der Waals surface area contributed by atoms with Gasteiger partial charge in [-0.25, -0.2) is 9.59 Å². The molecule has 8 nitrogen and oxygen atoms in total. The maximum absolute atomic E-state index is 12.3. The second-order valence-corrected chi connectivity index (χ2v) is 8.11. The Bertz CT molecular complexity index is 891. The topological polar surface area (TPSA) is 103 Å². The number of hydrogen-bond donors (Lipinski definition) is 2. The fourth-order valence-electron chi connectivity index (χ4n) is 2.72. The van der Waals surface area contributed by atoms with Gasteiger partial charge in [0.2, 0.25) is 5.91 Å². The molecule has 8 heteroatoms. The number of rotatable bonds is 9. The molecule has 1 atom stereocenters. The highest BCUT2D eigenvalue weighted by Gasteiger charge is 2.25. The van der Waals surface area contributed by atoms with Gasteiger partial charge in [0.1, 0.15) is 24.0 Å². The molecule has 0 saturated heterocycles. The Labute approximate surface area is 188 Å². The van der Waals surface area contributed by atoms with Crippen molar-refractivity contribution in [3.05, 3.63) is 60.2 Å². The van der Waals surface area contributed by atoms with Crippen LogP contribution in [0, 0.1) is 0 Å². The van der Waals surface area contributed by atoms with Crippen molar-refractivity contribution in [3.8, 4) is 5.75 Å². The molecule has 0 aromatic heterocycles. The molecule has 1 unspecified atom stereocenters. The number of benzene rings is 2. The number of esters is 1. The Morgan fingerprint density at radius 3 is 2.22 bits per heavy atom. The van der Waals surface area contributed by atoms with Gasteiger partial charge in [0.25, 0.3) is 0 Å². The maximum atomic E-state index is 12.3. The van der Waals surface area contributed by atoms with Crippen molar-refractivity contribution in [2.75, 3.05) is 12.4 Å². The zero-order valence-corrected chi connectivity index (χ0v) is 18.8. The molecule has 172 valence electrons. The summed E-state index contributed by atoms with van der Waals surface area (Å²) in [6.07, 6.45) is -0.683. The van der Waals surface area contributed by atoms with Gasteiger partial charge in [-0.3, -0.25) is 4.79 Å². The molecule has 0 radical (unpaired) electrons. The van der Waals surface area contributed by atoms with Crippen LogP contribution in [0.1, 0.15) is 39.2 Å². The first-order chi connectivity index (χ1) is 15.2. The second-order valence-electron chi connectivity index (χ2n) is 8.11. The van der Waals surface area contributed by atoms with E-state index in [4.69, 9.17) is 14.2 Å². The van der Waals surface area contributed by atoms with Gasteiger partial charge in [0.15, 0.2) is 0 Å². The average molecular weight is 443 g/mol. The molecular formula is C24H30N2O6. The van der Waals surface area contributed by atoms with Crippen LogP contribution in [0.4, 0.5) is 10.5 Å². The summed E-state index contributed by atoms with van der Waals surface area (Å²) in [6, 6.07) is 15.8. The zero-order valence-electron chi connectivity index (χ0n) is 18.8. The van der Waals surface area contributed by atoms with Crippen LogP contribution in [0.2, 0.25) is 0 Å². The van der Waals surface area contributed by atoms with Crippen LogP contribution in [-0.2, 0) is 25.7 Å². The molecular weight excluding hydrogens is 412 g/mol. The first-order valence-electron chi connectivity index (χ1n) is 10.3. The van der Waals surface area contributed by atoms with E-state index in [2.05, 4.69) is 10.6 Å². The summed E-state index contributed by atoms with van der Waals surface area (Å²) in [7, 11) is 1.22. The molecule has 2 aromatic carbocycles. The summed E-state index contributed by atoms with van der Waals surface area (Å²) in [5, 5.41) is 5.20. The van der Waals surface area contributed by atoms with E-state index in [1.807, 2.05) is 30.3 Å². The van der Waals surface area contributed by atoms with Crippen LogP contribution in [0.5, 0.6) is 5.75 Å². The number of hydrogen-bond acceptors (Lipinski definition) is 6. The SMILES string of the molecule is COC(=O)C(CCC(=O)Nc1ccc(OCc2ccccc2)cc1)NC(=O)OC(C)(C)C. The van der Waals surface area contributed by atoms with Crippen LogP contribution in [-0.4, -0.2) is 36.7 Å². The van der Waals surface area contributed by atoms with Crippen molar-refractivity contribution in [3.63, 3.8) is 0 Å². The third kappa shape index (κ3) is 9.07. The lowest BCUT2D eigenvalue weighted by Gasteiger charge is -2.22. The smallest absolute Gasteiger partial charge is 0.408 e. The Kier molecular flexibility index (Phi) is 9.07. The Hall–Kier alpha value is -3.55. The van der Waals surface area contributed by atoms with Crippen molar-refractivity contribution < 1.29 is 28.6 Å². The standard InChI is InChI=1S/C24H30N2O6/c1-24(2,3)32-23(29)26-20(22(28)30-4)14-15-21(27)25-18-10-12-19(13-11-18)31-16-17-8-6-5-7-9-17/h5-13,20H,14-16H2,1-4H3,(H,25,27)(H,26,29). The van der Waals surface area contributed by atoms with Gasteiger partial charge in [0.05, 0.1) is 7.11 Å². The minimum absolute atomic E-state index is 0.00181. The average Bonchev–Trinajstić information content (AvgIpc) is 2.75. The van der Waals surface area contributed by atoms with Crippen LogP contribution >= 0.6 is 0 Å². The van der Waals surface area contributed by atoms with Gasteiger partial charge < -0.3 is 24.8 Å². The van der Waals surface area contributed by atoms with E-state index in [-0.39, 0.29) is 18.7 Å². The third-order valence-electron chi connectivity index (χ3n) is 4.22. The van der Waals surface area contributed by atoms with Gasteiger partial charge in [-0.15, -0.1) is 0 Å². The normalized spacial score (nSPS) is 11.8. The molecule has 0 fully saturated rings. The number of alkyl carbamates (subject to hydrolysis) is 1. The van der Waals surface area contributed by atoms with Crippen molar-refractivity contribution in [2.45, 2.75) is 51.9 Å². The summed E-state index contributed by atoms with van der Waals surface area (Å²) < 4.78 is 15.6. The zero-order chi connectivity index (χ0) is 23.6. The van der Waals surface area contributed by atoms with Crippen LogP contribution in [0.25, 0.3) is 0 Å². The molecule has 0 bridgehead atoms. The van der Waals surface area contributed by atoms with Gasteiger partial charge >= 0.3 is 12.1 Å². The van der Waals surface area contributed by atoms with E-state index < -0.39 is 23.7 Å². The van der Waals surface area contributed by atoms with E-state index >= 15 is 0 Å². The Balaban J connectivity index is 1.83. The van der Waals surface area contributed by atoms with E-state index in [0.29, 0.717) is 18.0 Å². The lowest BCUT2D eigenvalue weighted by Crippen LogP contribution is -2.44. The minimum Gasteiger partial charge on any atom is -0.489 e. The summed E-state index contributed by atoms with van der Waals surface area (Å²) in [4.78, 5) is 36.2. The van der Waals surface area contributed by atoms with Gasteiger partial charge in [-0.2, -0.15) is 0 Å². The quantitative estimate of drug-likeness (QED) is 0.568. The van der Waals surface area contributed by atoms with Crippen molar-refractivity contribution in [2.24, 2.45) is 0 Å². The molecule has 2 N–H and O–H groups in total. The van der Waals surface area contributed by atoms with Gasteiger partial charge in [0, 0.05) is 12.1 Å². The van der Waals surface area contributed by atoms with E-state index in [1.165, 1.54) is 7.11 Å². The first kappa shape index (κ1) is 24.7. The number of methoxy groups -OCH3 is 1. The number of carbonyl (C=O) groups excluding carboxylic acids is 3. The molecule has 0 spiro atoms. The molecule has 0 heterocycles. The molecule has 0 aliphatic carbocycles. The number of ether oxygens (including phenoxy) is 3. The van der Waals surface area contributed by atoms with Crippen LogP contribution in [0.15, 0.2) is 54.6 Å². The summed E-state index contributed by atoms with van der Waals surface area (Å²) in [5.74, 6) is -0.273. The lowest BCUT2D eigenvalue weighted by molar-refractivity contribution is -0.143. The highest BCUT2D eigenvalue weighted by Crippen LogP contribution is 2.17. The van der Waals surface area contributed by atoms with Crippen molar-refractivity contribution >= 4 is 23.7 Å². The van der Waals surface area contributed by atoms with Crippen LogP contribution in [0.3, 0.4) is 0 Å². The predicted molar refractivity (Wildman–Crippen MR) is 120 cm³/mol. The molecule has 2 rings (SSSR count). The van der Waals surface area contributed by atoms with E-state index in [0.717, 1.165) is 5.56 Å². The first-order valence-corrected chi connectivity index (χ1v) is 10.3. The molecule has 2 amide bonds. The number of anilines is 1. The maximum Gasteiger partial charge on any atom is 0.408 e. The van der Waals surface area contributed by atoms with Gasteiger partial charge in [-0.1, -0.05) is 30.3 Å². The molecule has 2 aromatic rings. The van der Waals surface area contributed by atoms with E-state index in [1.54, 1.807) is 45.0 Å². The largest absolute Gasteiger partial charge is 0.489 e. The third-order valence-corrected chi connectivity index (χ3v) is 4.22. The molecule has 0 saturated carbocycles. The number of nitrogens with one attached hydrogen (secondary N) is 2. The lowest BCUT2D eigenvalue weighted by atomic mass is 10.1. The summed E-state index contributed by atoms with van der Waals surface area (Å²) >= 11 is 0. The van der Waals surface area contributed by atoms with Crippen LogP contribution < -0.4 is 15.4 Å². The molecule has 0 aliphatic rings. The van der Waals surface area contributed by atoms with Crippen molar-refractivity contribution in [1.82, 2.24) is 5.32 Å². The summed E-state index contributed by atoms with van der Waals surface area (Å²) in [5.41, 5.74) is 0.945. The fourth-order valence-corrected chi connectivity index (χ4v) is 2.72. The molecule has 32 heavy (non-hydrogen) atoms. The highest BCUT2D eigenvalue weighted by atomic mass is 16.6. The monoisotopic (exact) mass is 442 g/mol. The van der Waals surface area contributed by atoms with E-state index in [9.17, 15) is 14.4 Å². The number of amides is 2. The highest BCUT2D eigenvalue weighted by molar-refractivity contribution is 5.91. The second kappa shape index (κ2) is 11.7. The summed E-state index contributed by atoms with van der Waals surface area (Å²) in [6.45, 7) is 5.59. The van der Waals surface area contributed by atoms with Gasteiger partial charge in [-0.05, 0) is 57.0 Å².